The summed E-state index contributed by atoms with van der Waals surface area (Å²) >= 11 is 0. The quantitative estimate of drug-likeness (QED) is 0.753. The van der Waals surface area contributed by atoms with Crippen molar-refractivity contribution < 1.29 is 37.0 Å². The van der Waals surface area contributed by atoms with E-state index in [2.05, 4.69) is 4.74 Å². The number of esters is 1. The number of hydrogen-bond acceptors (Lipinski definition) is 5. The zero-order valence-electron chi connectivity index (χ0n) is 14.2. The topological polar surface area (TPSA) is 61.8 Å². The molecule has 0 radical (unpaired) electrons. The van der Waals surface area contributed by atoms with Gasteiger partial charge < -0.3 is 14.2 Å². The third-order valence-electron chi connectivity index (χ3n) is 4.98. The fraction of sp³-hybridized carbons (Fsp3) is 0.556. The second-order valence-corrected chi connectivity index (χ2v) is 6.62. The van der Waals surface area contributed by atoms with Crippen molar-refractivity contribution in [2.45, 2.75) is 44.6 Å². The highest BCUT2D eigenvalue weighted by Crippen LogP contribution is 2.39. The highest BCUT2D eigenvalue weighted by Gasteiger charge is 2.37. The van der Waals surface area contributed by atoms with Gasteiger partial charge in [-0.2, -0.15) is 0 Å². The Kier molecular flexibility index (Phi) is 5.11. The van der Waals surface area contributed by atoms with Crippen LogP contribution in [0.15, 0.2) is 18.2 Å². The Morgan fingerprint density at radius 1 is 1.19 bits per heavy atom. The van der Waals surface area contributed by atoms with Gasteiger partial charge in [0, 0.05) is 12.5 Å². The molecule has 1 aromatic rings. The molecule has 26 heavy (non-hydrogen) atoms. The Morgan fingerprint density at radius 3 is 2.50 bits per heavy atom. The van der Waals surface area contributed by atoms with Gasteiger partial charge in [0.1, 0.15) is 17.6 Å². The number of carbonyl (C=O) groups is 2. The lowest BCUT2D eigenvalue weighted by atomic mass is 9.77. The highest BCUT2D eigenvalue weighted by molar-refractivity contribution is 6.00. The first kappa shape index (κ1) is 18.5. The van der Waals surface area contributed by atoms with Crippen LogP contribution in [-0.2, 0) is 9.53 Å². The Balaban J connectivity index is 1.70. The molecule has 1 aromatic carbocycles. The average molecular weight is 372 g/mol. The lowest BCUT2D eigenvalue weighted by molar-refractivity contribution is -0.274. The van der Waals surface area contributed by atoms with Gasteiger partial charge >= 0.3 is 12.3 Å². The number of carbonyl (C=O) groups excluding carboxylic acids is 2. The van der Waals surface area contributed by atoms with Crippen molar-refractivity contribution in [1.82, 2.24) is 0 Å². The van der Waals surface area contributed by atoms with Gasteiger partial charge in [-0.1, -0.05) is 0 Å². The molecule has 0 bridgehead atoms. The van der Waals surface area contributed by atoms with Crippen molar-refractivity contribution in [3.05, 3.63) is 23.8 Å². The summed E-state index contributed by atoms with van der Waals surface area (Å²) in [7, 11) is 1.36. The molecule has 1 aliphatic heterocycles. The molecule has 0 N–H and O–H groups in total. The van der Waals surface area contributed by atoms with Crippen molar-refractivity contribution in [3.8, 4) is 11.5 Å². The summed E-state index contributed by atoms with van der Waals surface area (Å²) in [4.78, 5) is 23.9. The van der Waals surface area contributed by atoms with Gasteiger partial charge in [-0.05, 0) is 43.7 Å². The van der Waals surface area contributed by atoms with E-state index < -0.39 is 18.2 Å². The zero-order valence-corrected chi connectivity index (χ0v) is 14.2. The molecule has 1 fully saturated rings. The summed E-state index contributed by atoms with van der Waals surface area (Å²) in [5, 5.41) is 0. The molecule has 0 spiro atoms. The lowest BCUT2D eigenvalue weighted by Gasteiger charge is -2.35. The molecular weight excluding hydrogens is 353 g/mol. The van der Waals surface area contributed by atoms with Crippen LogP contribution in [0.2, 0.25) is 0 Å². The minimum absolute atomic E-state index is 0.0696. The molecule has 3 rings (SSSR count). The van der Waals surface area contributed by atoms with E-state index in [4.69, 9.17) is 9.47 Å². The number of ketones is 1. The molecule has 1 unspecified atom stereocenters. The van der Waals surface area contributed by atoms with Crippen LogP contribution in [0.3, 0.4) is 0 Å². The van der Waals surface area contributed by atoms with Gasteiger partial charge in [-0.3, -0.25) is 9.59 Å². The van der Waals surface area contributed by atoms with E-state index in [1.54, 1.807) is 0 Å². The molecule has 1 saturated carbocycles. The first-order valence-electron chi connectivity index (χ1n) is 8.44. The molecule has 2 aliphatic rings. The predicted molar refractivity (Wildman–Crippen MR) is 84.0 cm³/mol. The van der Waals surface area contributed by atoms with Crippen molar-refractivity contribution in [3.63, 3.8) is 0 Å². The van der Waals surface area contributed by atoms with Crippen LogP contribution in [0.1, 0.15) is 42.5 Å². The number of halogens is 3. The fourth-order valence-electron chi connectivity index (χ4n) is 3.68. The molecule has 142 valence electrons. The van der Waals surface area contributed by atoms with Crippen LogP contribution in [0, 0.1) is 11.8 Å². The van der Waals surface area contributed by atoms with Crippen molar-refractivity contribution in [2.24, 2.45) is 11.8 Å². The van der Waals surface area contributed by atoms with E-state index in [9.17, 15) is 22.8 Å². The molecule has 0 saturated heterocycles. The van der Waals surface area contributed by atoms with Crippen LogP contribution in [-0.4, -0.2) is 31.3 Å². The maximum absolute atomic E-state index is 12.4. The summed E-state index contributed by atoms with van der Waals surface area (Å²) in [5.74, 6) is -0.773. The summed E-state index contributed by atoms with van der Waals surface area (Å²) in [6.45, 7) is 0. The maximum Gasteiger partial charge on any atom is 0.573 e. The molecule has 1 aliphatic carbocycles. The van der Waals surface area contributed by atoms with Gasteiger partial charge in [0.25, 0.3) is 0 Å². The molecule has 0 amide bonds. The number of fused-ring (bicyclic) bond motifs is 1. The fourth-order valence-corrected chi connectivity index (χ4v) is 3.68. The number of alkyl halides is 3. The smallest absolute Gasteiger partial charge is 0.489 e. The molecule has 1 atom stereocenters. The lowest BCUT2D eigenvalue weighted by Crippen LogP contribution is -2.37. The normalized spacial score (nSPS) is 25.8. The van der Waals surface area contributed by atoms with E-state index >= 15 is 0 Å². The van der Waals surface area contributed by atoms with Gasteiger partial charge in [-0.25, -0.2) is 0 Å². The van der Waals surface area contributed by atoms with Gasteiger partial charge in [0.05, 0.1) is 18.6 Å². The van der Waals surface area contributed by atoms with E-state index in [0.717, 1.165) is 12.1 Å². The molecule has 1 heterocycles. The summed E-state index contributed by atoms with van der Waals surface area (Å²) < 4.78 is 51.6. The third kappa shape index (κ3) is 4.11. The van der Waals surface area contributed by atoms with Gasteiger partial charge in [0.15, 0.2) is 5.78 Å². The standard InChI is InChI=1S/C18H19F3O5/c1-24-17(23)11-4-2-10(3-5-11)15-9-14(22)13-7-6-12(8-16(13)25-15)26-18(19,20)21/h6-8,10-11,15H,2-5,9H2,1H3/t10-,11+,15?. The van der Waals surface area contributed by atoms with Crippen LogP contribution < -0.4 is 9.47 Å². The SMILES string of the molecule is COC(=O)[C@H]1CC[C@@H](C2CC(=O)c3ccc(OC(F)(F)F)cc3O2)CC1. The minimum atomic E-state index is -4.81. The number of Topliss-reactive ketones (excluding diaryl/α,β-unsaturated/α-hetero) is 1. The summed E-state index contributed by atoms with van der Waals surface area (Å²) in [6, 6.07) is 3.51. The molecular formula is C18H19F3O5. The van der Waals surface area contributed by atoms with Crippen LogP contribution in [0.25, 0.3) is 0 Å². The van der Waals surface area contributed by atoms with E-state index in [0.29, 0.717) is 25.7 Å². The second kappa shape index (κ2) is 7.17. The number of methoxy groups -OCH3 is 1. The summed E-state index contributed by atoms with van der Waals surface area (Å²) in [5.41, 5.74) is 0.263. The van der Waals surface area contributed by atoms with Crippen LogP contribution in [0.4, 0.5) is 13.2 Å². The largest absolute Gasteiger partial charge is 0.573 e. The van der Waals surface area contributed by atoms with Gasteiger partial charge in [0.2, 0.25) is 0 Å². The second-order valence-electron chi connectivity index (χ2n) is 6.62. The number of hydrogen-bond donors (Lipinski definition) is 0. The molecule has 8 heteroatoms. The third-order valence-corrected chi connectivity index (χ3v) is 4.98. The van der Waals surface area contributed by atoms with Crippen molar-refractivity contribution in [1.29, 1.82) is 0 Å². The first-order chi connectivity index (χ1) is 12.3. The predicted octanol–water partition coefficient (Wildman–Crippen LogP) is 3.90. The Labute approximate surface area is 148 Å². The Bertz CT molecular complexity index is 693. The Morgan fingerprint density at radius 2 is 1.88 bits per heavy atom. The van der Waals surface area contributed by atoms with Crippen molar-refractivity contribution in [2.75, 3.05) is 7.11 Å². The van der Waals surface area contributed by atoms with Crippen LogP contribution >= 0.6 is 0 Å². The molecule has 0 aromatic heterocycles. The molecule has 5 nitrogen and oxygen atoms in total. The maximum atomic E-state index is 12.4. The van der Waals surface area contributed by atoms with E-state index in [-0.39, 0.29) is 41.3 Å². The van der Waals surface area contributed by atoms with Crippen molar-refractivity contribution >= 4 is 11.8 Å². The Hall–Kier alpha value is -2.25. The highest BCUT2D eigenvalue weighted by atomic mass is 19.4. The zero-order chi connectivity index (χ0) is 18.9. The van der Waals surface area contributed by atoms with E-state index in [1.165, 1.54) is 13.2 Å². The first-order valence-corrected chi connectivity index (χ1v) is 8.44. The van der Waals surface area contributed by atoms with E-state index in [1.807, 2.05) is 0 Å². The minimum Gasteiger partial charge on any atom is -0.489 e. The van der Waals surface area contributed by atoms with Crippen LogP contribution in [0.5, 0.6) is 11.5 Å². The number of rotatable bonds is 3. The number of ether oxygens (including phenoxy) is 3. The summed E-state index contributed by atoms with van der Waals surface area (Å²) in [6.07, 6.45) is -2.34. The van der Waals surface area contributed by atoms with Gasteiger partial charge in [-0.15, -0.1) is 13.2 Å². The number of benzene rings is 1. The monoisotopic (exact) mass is 372 g/mol. The average Bonchev–Trinajstić information content (AvgIpc) is 2.59.